The lowest BCUT2D eigenvalue weighted by Crippen LogP contribution is -2.18. The number of carbonyl (C=O) groups is 2. The highest BCUT2D eigenvalue weighted by Gasteiger charge is 2.14. The second-order valence-electron chi connectivity index (χ2n) is 6.70. The van der Waals surface area contributed by atoms with Crippen molar-refractivity contribution in [2.75, 3.05) is 23.8 Å². The van der Waals surface area contributed by atoms with Crippen LogP contribution >= 0.6 is 15.9 Å². The van der Waals surface area contributed by atoms with Gasteiger partial charge in [-0.2, -0.15) is 0 Å². The highest BCUT2D eigenvalue weighted by molar-refractivity contribution is 9.10. The van der Waals surface area contributed by atoms with Crippen molar-refractivity contribution >= 4 is 39.1 Å². The molecular weight excluding hydrogens is 436 g/mol. The first-order valence-electron chi connectivity index (χ1n) is 9.62. The van der Waals surface area contributed by atoms with E-state index in [9.17, 15) is 9.59 Å². The summed E-state index contributed by atoms with van der Waals surface area (Å²) in [6.45, 7) is 8.51. The van der Waals surface area contributed by atoms with Crippen molar-refractivity contribution < 1.29 is 19.1 Å². The number of nitrogens with one attached hydrogen (secondary N) is 2. The molecule has 6 nitrogen and oxygen atoms in total. The van der Waals surface area contributed by atoms with E-state index in [0.29, 0.717) is 36.1 Å². The summed E-state index contributed by atoms with van der Waals surface area (Å²) in [5.41, 5.74) is 2.15. The highest BCUT2D eigenvalue weighted by Crippen LogP contribution is 2.34. The van der Waals surface area contributed by atoms with Gasteiger partial charge in [0.25, 0.3) is 0 Å². The lowest BCUT2D eigenvalue weighted by Gasteiger charge is -2.14. The van der Waals surface area contributed by atoms with Gasteiger partial charge in [0.1, 0.15) is 0 Å². The van der Waals surface area contributed by atoms with Crippen LogP contribution in [0.1, 0.15) is 33.3 Å². The molecule has 29 heavy (non-hydrogen) atoms. The quantitative estimate of drug-likeness (QED) is 0.548. The van der Waals surface area contributed by atoms with Gasteiger partial charge in [0.05, 0.1) is 19.6 Å². The third-order valence-electron chi connectivity index (χ3n) is 4.02. The molecule has 0 heterocycles. The van der Waals surface area contributed by atoms with E-state index in [1.165, 1.54) is 0 Å². The van der Waals surface area contributed by atoms with Gasteiger partial charge in [-0.1, -0.05) is 29.8 Å². The van der Waals surface area contributed by atoms with Gasteiger partial charge in [0.15, 0.2) is 11.5 Å². The first kappa shape index (κ1) is 22.7. The average Bonchev–Trinajstić information content (AvgIpc) is 2.67. The van der Waals surface area contributed by atoms with Crippen LogP contribution in [0.4, 0.5) is 11.4 Å². The fourth-order valence-corrected chi connectivity index (χ4v) is 3.01. The summed E-state index contributed by atoms with van der Waals surface area (Å²) in [6.07, 6.45) is 0.179. The molecule has 2 aromatic rings. The second kappa shape index (κ2) is 10.9. The molecule has 0 bridgehead atoms. The molecule has 0 saturated heterocycles. The molecule has 2 N–H and O–H groups in total. The van der Waals surface area contributed by atoms with Crippen LogP contribution in [-0.4, -0.2) is 25.0 Å². The van der Waals surface area contributed by atoms with Gasteiger partial charge < -0.3 is 20.1 Å². The van der Waals surface area contributed by atoms with Crippen LogP contribution in [0.5, 0.6) is 11.5 Å². The van der Waals surface area contributed by atoms with Crippen LogP contribution in [0.3, 0.4) is 0 Å². The van der Waals surface area contributed by atoms with Crippen molar-refractivity contribution in [2.45, 2.75) is 34.1 Å². The van der Waals surface area contributed by atoms with Crippen LogP contribution in [0.25, 0.3) is 0 Å². The van der Waals surface area contributed by atoms with Crippen LogP contribution < -0.4 is 20.1 Å². The number of rotatable bonds is 9. The number of hydrogen-bond acceptors (Lipinski definition) is 4. The molecule has 0 aliphatic rings. The first-order chi connectivity index (χ1) is 13.8. The van der Waals surface area contributed by atoms with Gasteiger partial charge in [-0.15, -0.1) is 0 Å². The Morgan fingerprint density at radius 1 is 0.931 bits per heavy atom. The van der Waals surface area contributed by atoms with Crippen LogP contribution in [0, 0.1) is 5.92 Å². The first-order valence-corrected chi connectivity index (χ1v) is 10.4. The van der Waals surface area contributed by atoms with E-state index in [1.807, 2.05) is 39.8 Å². The summed E-state index contributed by atoms with van der Waals surface area (Å²) >= 11 is 3.50. The lowest BCUT2D eigenvalue weighted by molar-refractivity contribution is -0.119. The number of benzene rings is 2. The van der Waals surface area contributed by atoms with Gasteiger partial charge in [-0.25, -0.2) is 0 Å². The fourth-order valence-electron chi connectivity index (χ4n) is 2.55. The van der Waals surface area contributed by atoms with Crippen LogP contribution in [0.15, 0.2) is 40.9 Å². The maximum absolute atomic E-state index is 12.5. The van der Waals surface area contributed by atoms with Crippen molar-refractivity contribution in [3.63, 3.8) is 0 Å². The third kappa shape index (κ3) is 6.78. The maximum atomic E-state index is 12.5. The molecule has 0 radical (unpaired) electrons. The molecule has 2 amide bonds. The van der Waals surface area contributed by atoms with Gasteiger partial charge in [0.2, 0.25) is 11.8 Å². The second-order valence-corrected chi connectivity index (χ2v) is 7.56. The Bertz CT molecular complexity index is 851. The predicted octanol–water partition coefficient (Wildman–Crippen LogP) is 5.02. The van der Waals surface area contributed by atoms with Gasteiger partial charge in [-0.3, -0.25) is 9.59 Å². The maximum Gasteiger partial charge on any atom is 0.228 e. The summed E-state index contributed by atoms with van der Waals surface area (Å²) in [5, 5.41) is 5.69. The number of anilines is 2. The number of carbonyl (C=O) groups excluding carboxylic acids is 2. The minimum Gasteiger partial charge on any atom is -0.490 e. The molecule has 0 aromatic heterocycles. The number of halogens is 1. The highest BCUT2D eigenvalue weighted by atomic mass is 79.9. The van der Waals surface area contributed by atoms with Gasteiger partial charge >= 0.3 is 0 Å². The Kier molecular flexibility index (Phi) is 8.51. The molecule has 2 rings (SSSR count). The van der Waals surface area contributed by atoms with Crippen molar-refractivity contribution in [3.05, 3.63) is 46.4 Å². The number of ether oxygens (including phenoxy) is 2. The zero-order valence-electron chi connectivity index (χ0n) is 17.2. The van der Waals surface area contributed by atoms with E-state index >= 15 is 0 Å². The molecule has 0 spiro atoms. The number of hydrogen-bond donors (Lipinski definition) is 2. The summed E-state index contributed by atoms with van der Waals surface area (Å²) in [6, 6.07) is 10.7. The molecule has 0 atom stereocenters. The Hall–Kier alpha value is -2.54. The predicted molar refractivity (Wildman–Crippen MR) is 119 cm³/mol. The minimum absolute atomic E-state index is 0.0489. The summed E-state index contributed by atoms with van der Waals surface area (Å²) < 4.78 is 12.0. The molecule has 0 saturated carbocycles. The van der Waals surface area contributed by atoms with E-state index < -0.39 is 0 Å². The van der Waals surface area contributed by atoms with Crippen LogP contribution in [-0.2, 0) is 16.0 Å². The van der Waals surface area contributed by atoms with E-state index in [-0.39, 0.29) is 24.2 Å². The number of amides is 2. The molecule has 0 unspecified atom stereocenters. The summed E-state index contributed by atoms with van der Waals surface area (Å²) in [4.78, 5) is 24.2. The zero-order valence-corrected chi connectivity index (χ0v) is 18.8. The lowest BCUT2D eigenvalue weighted by atomic mass is 10.1. The molecule has 0 aliphatic heterocycles. The minimum atomic E-state index is -0.156. The molecule has 2 aromatic carbocycles. The van der Waals surface area contributed by atoms with Crippen molar-refractivity contribution in [3.8, 4) is 11.5 Å². The largest absolute Gasteiger partial charge is 0.490 e. The fraction of sp³-hybridized carbons (Fsp3) is 0.364. The zero-order chi connectivity index (χ0) is 21.4. The van der Waals surface area contributed by atoms with E-state index in [2.05, 4.69) is 26.6 Å². The smallest absolute Gasteiger partial charge is 0.228 e. The Labute approximate surface area is 180 Å². The SMILES string of the molecule is CCOc1cc(Br)c(CC(=O)Nc2ccc(NC(=O)C(C)C)cc2)cc1OCC. The van der Waals surface area contributed by atoms with E-state index in [4.69, 9.17) is 9.47 Å². The normalized spacial score (nSPS) is 10.6. The molecule has 156 valence electrons. The Morgan fingerprint density at radius 3 is 1.97 bits per heavy atom. The third-order valence-corrected chi connectivity index (χ3v) is 4.76. The van der Waals surface area contributed by atoms with Gasteiger partial charge in [0, 0.05) is 21.8 Å². The topological polar surface area (TPSA) is 76.7 Å². The molecular formula is C22H27BrN2O4. The molecule has 0 aliphatic carbocycles. The van der Waals surface area contributed by atoms with E-state index in [0.717, 1.165) is 10.0 Å². The average molecular weight is 463 g/mol. The summed E-state index contributed by atoms with van der Waals surface area (Å²) in [5.74, 6) is 0.960. The Morgan fingerprint density at radius 2 is 1.45 bits per heavy atom. The molecule has 0 fully saturated rings. The molecule has 7 heteroatoms. The van der Waals surface area contributed by atoms with Crippen molar-refractivity contribution in [2.24, 2.45) is 5.92 Å². The van der Waals surface area contributed by atoms with Crippen LogP contribution in [0.2, 0.25) is 0 Å². The Balaban J connectivity index is 2.05. The monoisotopic (exact) mass is 462 g/mol. The summed E-state index contributed by atoms with van der Waals surface area (Å²) in [7, 11) is 0. The van der Waals surface area contributed by atoms with Crippen molar-refractivity contribution in [1.82, 2.24) is 0 Å². The van der Waals surface area contributed by atoms with Crippen molar-refractivity contribution in [1.29, 1.82) is 0 Å². The standard InChI is InChI=1S/C22H27BrN2O4/c1-5-28-19-11-15(18(23)13-20(19)29-6-2)12-21(26)24-16-7-9-17(10-8-16)25-22(27)14(3)4/h7-11,13-14H,5-6,12H2,1-4H3,(H,24,26)(H,25,27). The van der Waals surface area contributed by atoms with E-state index in [1.54, 1.807) is 24.3 Å². The van der Waals surface area contributed by atoms with Gasteiger partial charge in [-0.05, 0) is 55.8 Å².